The van der Waals surface area contributed by atoms with Crippen molar-refractivity contribution in [3.8, 4) is 0 Å². The van der Waals surface area contributed by atoms with Crippen molar-refractivity contribution in [1.29, 1.82) is 0 Å². The average molecular weight is 382 g/mol. The number of likely N-dealkylation sites (N-methyl/N-ethyl adjacent to an activating group) is 1. The number of benzene rings is 1. The van der Waals surface area contributed by atoms with Gasteiger partial charge in [0.05, 0.1) is 12.1 Å². The molecule has 3 heterocycles. The highest BCUT2D eigenvalue weighted by molar-refractivity contribution is 9.09. The number of hydrogen-bond acceptors (Lipinski definition) is 5. The summed E-state index contributed by atoms with van der Waals surface area (Å²) in [5.74, 6) is -0.671. The van der Waals surface area contributed by atoms with Gasteiger partial charge in [0.25, 0.3) is 0 Å². The molecule has 3 aliphatic heterocycles. The third-order valence-corrected chi connectivity index (χ3v) is 6.01. The lowest BCUT2D eigenvalue weighted by atomic mass is 9.61. The Balaban J connectivity index is 1.66. The maximum absolute atomic E-state index is 11.9. The number of rotatable bonds is 2. The summed E-state index contributed by atoms with van der Waals surface area (Å²) in [4.78, 5) is 23.8. The van der Waals surface area contributed by atoms with Crippen LogP contribution in [0, 0.1) is 0 Å². The molecule has 23 heavy (non-hydrogen) atoms. The van der Waals surface area contributed by atoms with E-state index in [1.807, 2.05) is 37.4 Å². The molecule has 3 fully saturated rings. The van der Waals surface area contributed by atoms with Crippen molar-refractivity contribution in [3.05, 3.63) is 35.9 Å². The first-order valence-electron chi connectivity index (χ1n) is 7.71. The Hall–Kier alpha value is -1.38. The van der Waals surface area contributed by atoms with Gasteiger partial charge in [-0.25, -0.2) is 0 Å². The van der Waals surface area contributed by atoms with Crippen molar-refractivity contribution >= 4 is 34.6 Å². The Morgan fingerprint density at radius 2 is 1.74 bits per heavy atom. The summed E-state index contributed by atoms with van der Waals surface area (Å²) in [5, 5.41) is 0. The van der Waals surface area contributed by atoms with Crippen molar-refractivity contribution in [2.24, 2.45) is 0 Å². The number of nitrogens with zero attached hydrogens (tertiary/aromatic N) is 1. The van der Waals surface area contributed by atoms with Crippen molar-refractivity contribution in [1.82, 2.24) is 0 Å². The molecule has 0 amide bonds. The molecule has 0 bridgehead atoms. The lowest BCUT2D eigenvalue weighted by Gasteiger charge is -2.42. The van der Waals surface area contributed by atoms with Crippen LogP contribution in [-0.4, -0.2) is 54.0 Å². The predicted molar refractivity (Wildman–Crippen MR) is 85.2 cm³/mol. The zero-order chi connectivity index (χ0) is 16.2. The summed E-state index contributed by atoms with van der Waals surface area (Å²) in [6.07, 6.45) is 0.457. The summed E-state index contributed by atoms with van der Waals surface area (Å²) in [5.41, 5.74) is 1.05. The number of carbonyl (C=O) groups is 2. The van der Waals surface area contributed by atoms with Crippen molar-refractivity contribution < 1.29 is 28.0 Å². The minimum absolute atomic E-state index is 0.0678. The molecule has 1 aromatic rings. The lowest BCUT2D eigenvalue weighted by Crippen LogP contribution is -2.67. The Kier molecular flexibility index (Phi) is 3.34. The van der Waals surface area contributed by atoms with Gasteiger partial charge in [0.2, 0.25) is 0 Å². The van der Waals surface area contributed by atoms with Crippen LogP contribution in [0.1, 0.15) is 18.1 Å². The molecule has 0 spiro atoms. The van der Waals surface area contributed by atoms with E-state index in [0.717, 1.165) is 5.56 Å². The van der Waals surface area contributed by atoms with Crippen molar-refractivity contribution in [2.75, 3.05) is 20.1 Å². The lowest BCUT2D eigenvalue weighted by molar-refractivity contribution is -0.795. The van der Waals surface area contributed by atoms with Crippen LogP contribution in [0.3, 0.4) is 0 Å². The minimum Gasteiger partial charge on any atom is -0.598 e. The first kappa shape index (κ1) is 15.2. The van der Waals surface area contributed by atoms with Gasteiger partial charge in [0, 0.05) is 11.9 Å². The SMILES string of the molecule is C[N+]12CC(=O)O[B-]1([C@H]1C[C@@H](Br)[C@H](c3ccccc3)O1)OC(=O)C2. The molecule has 0 radical (unpaired) electrons. The fourth-order valence-corrected chi connectivity index (χ4v) is 4.86. The van der Waals surface area contributed by atoms with Crippen LogP contribution in [0.2, 0.25) is 0 Å². The molecule has 4 rings (SSSR count). The van der Waals surface area contributed by atoms with Gasteiger partial charge in [0.1, 0.15) is 13.1 Å². The molecule has 3 aliphatic rings. The molecule has 6 nitrogen and oxygen atoms in total. The van der Waals surface area contributed by atoms with Crippen LogP contribution in [-0.2, 0) is 23.6 Å². The molecule has 0 unspecified atom stereocenters. The van der Waals surface area contributed by atoms with Crippen LogP contribution in [0.25, 0.3) is 0 Å². The third-order valence-electron chi connectivity index (χ3n) is 5.16. The van der Waals surface area contributed by atoms with Gasteiger partial charge in [-0.1, -0.05) is 46.3 Å². The second-order valence-corrected chi connectivity index (χ2v) is 7.94. The van der Waals surface area contributed by atoms with E-state index in [4.69, 9.17) is 14.0 Å². The van der Waals surface area contributed by atoms with Gasteiger partial charge in [-0.15, -0.1) is 0 Å². The highest BCUT2D eigenvalue weighted by Gasteiger charge is 2.71. The maximum atomic E-state index is 11.9. The summed E-state index contributed by atoms with van der Waals surface area (Å²) in [7, 11) is 1.83. The Morgan fingerprint density at radius 3 is 2.35 bits per heavy atom. The highest BCUT2D eigenvalue weighted by Crippen LogP contribution is 2.46. The first-order chi connectivity index (χ1) is 10.9. The molecule has 122 valence electrons. The molecule has 0 N–H and O–H groups in total. The second kappa shape index (κ2) is 5.06. The molecule has 0 aliphatic carbocycles. The normalized spacial score (nSPS) is 42.4. The highest BCUT2D eigenvalue weighted by atomic mass is 79.9. The number of alkyl halides is 1. The summed E-state index contributed by atoms with van der Waals surface area (Å²) in [6, 6.07) is 9.43. The van der Waals surface area contributed by atoms with Gasteiger partial charge < -0.3 is 18.4 Å². The number of ether oxygens (including phenoxy) is 1. The monoisotopic (exact) mass is 381 g/mol. The van der Waals surface area contributed by atoms with Crippen LogP contribution in [0.5, 0.6) is 0 Å². The number of fused-ring (bicyclic) bond motifs is 1. The zero-order valence-electron chi connectivity index (χ0n) is 12.7. The van der Waals surface area contributed by atoms with Crippen LogP contribution < -0.4 is 0 Å². The first-order valence-corrected chi connectivity index (χ1v) is 8.62. The van der Waals surface area contributed by atoms with Crippen LogP contribution in [0.15, 0.2) is 30.3 Å². The fraction of sp³-hybridized carbons (Fsp3) is 0.467. The number of carbonyl (C=O) groups excluding carboxylic acids is 2. The van der Waals surface area contributed by atoms with Gasteiger partial charge in [-0.3, -0.25) is 9.59 Å². The van der Waals surface area contributed by atoms with E-state index in [-0.39, 0.29) is 40.4 Å². The van der Waals surface area contributed by atoms with Gasteiger partial charge in [-0.05, 0) is 12.0 Å². The van der Waals surface area contributed by atoms with E-state index in [1.165, 1.54) is 0 Å². The van der Waals surface area contributed by atoms with Crippen molar-refractivity contribution in [2.45, 2.75) is 23.4 Å². The summed E-state index contributed by atoms with van der Waals surface area (Å²) in [6.45, 7) is -1.87. The molecule has 1 aromatic carbocycles. The number of hydrogen-bond donors (Lipinski definition) is 0. The summed E-state index contributed by atoms with van der Waals surface area (Å²) >= 11 is 3.67. The summed E-state index contributed by atoms with van der Waals surface area (Å²) < 4.78 is 17.5. The second-order valence-electron chi connectivity index (χ2n) is 6.76. The fourth-order valence-electron chi connectivity index (χ4n) is 4.06. The minimum atomic E-state index is -2.16. The van der Waals surface area contributed by atoms with Gasteiger partial charge in [-0.2, -0.15) is 0 Å². The molecule has 0 aromatic heterocycles. The topological polar surface area (TPSA) is 61.8 Å². The van der Waals surface area contributed by atoms with Gasteiger partial charge >= 0.3 is 18.6 Å². The van der Waals surface area contributed by atoms with E-state index >= 15 is 0 Å². The van der Waals surface area contributed by atoms with E-state index in [1.54, 1.807) is 0 Å². The number of halogens is 1. The standard InChI is InChI=1S/C15H17BBrNO5/c1-18-8-13(19)22-16(18,23-14(20)9-18)12-7-11(17)15(21-12)10-5-3-2-4-6-10/h2-6,11-12,15H,7-9H2,1H3/t11-,12-,15+,16?,18?/m1/s1. The molecular weight excluding hydrogens is 365 g/mol. The van der Waals surface area contributed by atoms with E-state index in [9.17, 15) is 9.59 Å². The average Bonchev–Trinajstić information content (AvgIpc) is 3.06. The Bertz CT molecular complexity index is 649. The Labute approximate surface area is 142 Å². The zero-order valence-corrected chi connectivity index (χ0v) is 14.3. The van der Waals surface area contributed by atoms with Crippen LogP contribution in [0.4, 0.5) is 0 Å². The maximum Gasteiger partial charge on any atom is 0.611 e. The van der Waals surface area contributed by atoms with Gasteiger partial charge in [0.15, 0.2) is 0 Å². The number of quaternary nitrogens is 1. The molecular formula is C15H17BBrNO5. The van der Waals surface area contributed by atoms with E-state index in [2.05, 4.69) is 15.9 Å². The largest absolute Gasteiger partial charge is 0.611 e. The van der Waals surface area contributed by atoms with Crippen molar-refractivity contribution in [3.63, 3.8) is 0 Å². The smallest absolute Gasteiger partial charge is 0.598 e. The van der Waals surface area contributed by atoms with E-state index in [0.29, 0.717) is 6.42 Å². The molecule has 0 saturated carbocycles. The predicted octanol–water partition coefficient (Wildman–Crippen LogP) is 1.32. The third kappa shape index (κ3) is 2.15. The van der Waals surface area contributed by atoms with E-state index < -0.39 is 12.7 Å². The Morgan fingerprint density at radius 1 is 1.13 bits per heavy atom. The molecule has 8 heteroatoms. The van der Waals surface area contributed by atoms with Crippen LogP contribution >= 0.6 is 15.9 Å². The quantitative estimate of drug-likeness (QED) is 0.571. The molecule has 3 atom stereocenters. The molecule has 3 saturated heterocycles.